The maximum Gasteiger partial charge on any atom is 0.311 e. The fourth-order valence-electron chi connectivity index (χ4n) is 9.41. The molecule has 362 valence electrons. The van der Waals surface area contributed by atoms with Crippen LogP contribution >= 0.6 is 0 Å². The van der Waals surface area contributed by atoms with Crippen LogP contribution in [0.15, 0.2) is 72.8 Å². The number of alkyl halides is 4. The lowest BCUT2D eigenvalue weighted by atomic mass is 9.82. The van der Waals surface area contributed by atoms with E-state index in [9.17, 15) is 40.7 Å². The number of aliphatic carboxylic acids is 1. The summed E-state index contributed by atoms with van der Waals surface area (Å²) in [6, 6.07) is 23.8. The Bertz CT molecular complexity index is 2370. The van der Waals surface area contributed by atoms with Gasteiger partial charge in [-0.05, 0) is 120 Å². The van der Waals surface area contributed by atoms with Gasteiger partial charge in [0, 0.05) is 63.9 Å². The number of hydrogen-bond donors (Lipinski definition) is 2. The van der Waals surface area contributed by atoms with E-state index in [2.05, 4.69) is 40.1 Å². The Morgan fingerprint density at radius 3 is 1.56 bits per heavy atom. The lowest BCUT2D eigenvalue weighted by Gasteiger charge is -2.37. The molecule has 0 aromatic heterocycles. The van der Waals surface area contributed by atoms with Crippen molar-refractivity contribution in [3.63, 3.8) is 0 Å². The highest BCUT2D eigenvalue weighted by Gasteiger charge is 2.41. The molecule has 0 atom stereocenters. The highest BCUT2D eigenvalue weighted by Crippen LogP contribution is 2.41. The Kier molecular flexibility index (Phi) is 17.0. The molecule has 4 aliphatic rings. The summed E-state index contributed by atoms with van der Waals surface area (Å²) in [6.07, 6.45) is 4.15. The minimum Gasteiger partial charge on any atom is -0.508 e. The van der Waals surface area contributed by atoms with Crippen LogP contribution in [-0.4, -0.2) is 104 Å². The minimum absolute atomic E-state index is 0.000716. The zero-order valence-electron chi connectivity index (χ0n) is 38.3. The zero-order valence-corrected chi connectivity index (χ0v) is 39.1. The van der Waals surface area contributed by atoms with Crippen LogP contribution in [0.1, 0.15) is 89.2 Å². The molecule has 4 aromatic rings. The summed E-state index contributed by atoms with van der Waals surface area (Å²) in [6.45, 7) is 7.35. The number of benzene rings is 4. The number of fused-ring (bicyclic) bond motifs is 2. The Labute approximate surface area is 385 Å². The van der Waals surface area contributed by atoms with Gasteiger partial charge >= 0.3 is 11.9 Å². The number of carboxylic acids is 1. The largest absolute Gasteiger partial charge is 0.508 e. The topological polar surface area (TPSA) is 143 Å². The van der Waals surface area contributed by atoms with Crippen LogP contribution in [0.25, 0.3) is 21.5 Å². The molecule has 4 fully saturated rings. The number of carboxylic acid groups (broad SMARTS) is 1. The van der Waals surface area contributed by atoms with E-state index in [0.29, 0.717) is 64.5 Å². The van der Waals surface area contributed by atoms with E-state index in [1.807, 2.05) is 30.3 Å². The lowest BCUT2D eigenvalue weighted by molar-refractivity contribution is -0.151. The molecule has 2 N–H and O–H groups in total. The highest BCUT2D eigenvalue weighted by molar-refractivity contribution is 7.86. The first-order chi connectivity index (χ1) is 31.2. The number of phenols is 1. The van der Waals surface area contributed by atoms with Gasteiger partial charge in [-0.15, -0.1) is 0 Å². The van der Waals surface area contributed by atoms with Crippen LogP contribution in [0.2, 0.25) is 0 Å². The number of likely N-dealkylation sites (tertiary alicyclic amines) is 2. The first-order valence-electron chi connectivity index (χ1n) is 23.0. The molecule has 2 aliphatic carbocycles. The average molecular weight is 945 g/mol. The first-order valence-corrected chi connectivity index (χ1v) is 24.9. The number of rotatable bonds is 14. The van der Waals surface area contributed by atoms with E-state index in [-0.39, 0.29) is 42.5 Å². The predicted molar refractivity (Wildman–Crippen MR) is 245 cm³/mol. The zero-order chi connectivity index (χ0) is 47.8. The van der Waals surface area contributed by atoms with Crippen molar-refractivity contribution < 1.29 is 59.4 Å². The van der Waals surface area contributed by atoms with Crippen molar-refractivity contribution in [2.75, 3.05) is 39.5 Å². The number of nitrogens with zero attached hydrogens (tertiary/aromatic N) is 2. The van der Waals surface area contributed by atoms with E-state index < -0.39 is 45.9 Å². The number of methoxy groups -OCH3 is 1. The fraction of sp³-hybridized carbons (Fsp3) is 0.560. The number of aromatic hydroxyl groups is 1. The molecule has 16 heteroatoms. The van der Waals surface area contributed by atoms with E-state index >= 15 is 0 Å². The number of carbonyl (C=O) groups excluding carboxylic acids is 1. The molecule has 8 rings (SSSR count). The number of halogens is 4. The van der Waals surface area contributed by atoms with Crippen LogP contribution in [-0.2, 0) is 41.7 Å². The number of carbonyl (C=O) groups is 2. The molecule has 0 radical (unpaired) electrons. The molecule has 0 amide bonds. The van der Waals surface area contributed by atoms with Crippen molar-refractivity contribution in [2.24, 2.45) is 23.7 Å². The van der Waals surface area contributed by atoms with Gasteiger partial charge in [0.05, 0.1) is 37.4 Å². The van der Waals surface area contributed by atoms with Gasteiger partial charge in [0.15, 0.2) is 0 Å². The molecular formula is C50H64F4N2O9S. The van der Waals surface area contributed by atoms with Gasteiger partial charge in [0.25, 0.3) is 22.0 Å². The smallest absolute Gasteiger partial charge is 0.311 e. The van der Waals surface area contributed by atoms with Gasteiger partial charge in [-0.3, -0.25) is 23.6 Å². The molecular weight excluding hydrogens is 881 g/mol. The third kappa shape index (κ3) is 14.0. The molecule has 2 saturated carbocycles. The number of esters is 1. The molecule has 0 bridgehead atoms. The van der Waals surface area contributed by atoms with Gasteiger partial charge in [-0.1, -0.05) is 50.2 Å². The average Bonchev–Trinajstić information content (AvgIpc) is 3.25. The van der Waals surface area contributed by atoms with Crippen molar-refractivity contribution in [1.29, 1.82) is 0 Å². The van der Waals surface area contributed by atoms with Crippen LogP contribution in [0.3, 0.4) is 0 Å². The van der Waals surface area contributed by atoms with Crippen molar-refractivity contribution in [1.82, 2.24) is 9.80 Å². The standard InChI is InChI=1S/C24H29F2NO3.C16H17NO3.C10H18F2O3S/c1-2-24(25,26)20-6-9-21(10-7-20)30-22-8-5-17-11-16(3-4-18(17)12-22)13-27-14-19(15-27)23(28)29;1-20-16(19)14-9-17(10-14)8-11-2-3-13-7-15(18)5-4-12(13)6-11;1-3-10(11,12)8-4-6-9(7-5-8)15-16(2,13)14/h3-5,8,11-12,19-21H,2,6-7,9-10,13-15H2,1H3,(H,28,29);2-7,14,18H,8-10H2,1H3;8-9H,3-7H2,1-2H3. The van der Waals surface area contributed by atoms with E-state index in [0.717, 1.165) is 65.3 Å². The minimum atomic E-state index is -3.47. The van der Waals surface area contributed by atoms with Gasteiger partial charge < -0.3 is 19.7 Å². The molecule has 0 spiro atoms. The summed E-state index contributed by atoms with van der Waals surface area (Å²) in [5, 5.41) is 22.8. The van der Waals surface area contributed by atoms with Crippen LogP contribution in [0, 0.1) is 23.7 Å². The van der Waals surface area contributed by atoms with Crippen LogP contribution in [0.5, 0.6) is 11.5 Å². The second-order valence-electron chi connectivity index (χ2n) is 18.4. The molecule has 0 unspecified atom stereocenters. The summed E-state index contributed by atoms with van der Waals surface area (Å²) < 4.78 is 91.8. The Balaban J connectivity index is 0.000000174. The second-order valence-corrected chi connectivity index (χ2v) is 20.0. The molecule has 66 heavy (non-hydrogen) atoms. The second kappa shape index (κ2) is 22.1. The molecule has 2 aliphatic heterocycles. The van der Waals surface area contributed by atoms with E-state index in [4.69, 9.17) is 18.8 Å². The van der Waals surface area contributed by atoms with Crippen molar-refractivity contribution in [2.45, 2.75) is 115 Å². The summed E-state index contributed by atoms with van der Waals surface area (Å²) in [5.74, 6) is -6.31. The summed E-state index contributed by atoms with van der Waals surface area (Å²) >= 11 is 0. The van der Waals surface area contributed by atoms with Crippen molar-refractivity contribution >= 4 is 43.6 Å². The van der Waals surface area contributed by atoms with Crippen molar-refractivity contribution in [3.05, 3.63) is 83.9 Å². The van der Waals surface area contributed by atoms with E-state index in [1.54, 1.807) is 19.1 Å². The monoisotopic (exact) mass is 944 g/mol. The third-order valence-electron chi connectivity index (χ3n) is 13.5. The predicted octanol–water partition coefficient (Wildman–Crippen LogP) is 10.1. The summed E-state index contributed by atoms with van der Waals surface area (Å²) in [4.78, 5) is 26.6. The van der Waals surface area contributed by atoms with Gasteiger partial charge in [0.1, 0.15) is 11.5 Å². The normalized spacial score (nSPS) is 22.2. The quantitative estimate of drug-likeness (QED) is 0.0709. The number of ether oxygens (including phenoxy) is 2. The lowest BCUT2D eigenvalue weighted by Crippen LogP contribution is -2.49. The highest BCUT2D eigenvalue weighted by atomic mass is 32.2. The Morgan fingerprint density at radius 1 is 0.652 bits per heavy atom. The van der Waals surface area contributed by atoms with Gasteiger partial charge in [-0.25, -0.2) is 17.6 Å². The number of phenolic OH excluding ortho intramolecular Hbond substituents is 1. The Morgan fingerprint density at radius 2 is 1.09 bits per heavy atom. The maximum atomic E-state index is 13.9. The molecule has 11 nitrogen and oxygen atoms in total. The number of hydrogen-bond acceptors (Lipinski definition) is 10. The maximum absolute atomic E-state index is 13.9. The van der Waals surface area contributed by atoms with Gasteiger partial charge in [0.2, 0.25) is 0 Å². The first kappa shape index (κ1) is 50.9. The van der Waals surface area contributed by atoms with Gasteiger partial charge in [-0.2, -0.15) is 8.42 Å². The summed E-state index contributed by atoms with van der Waals surface area (Å²) in [7, 11) is -2.04. The molecule has 2 saturated heterocycles. The fourth-order valence-corrected chi connectivity index (χ4v) is 10.1. The van der Waals surface area contributed by atoms with Crippen LogP contribution in [0.4, 0.5) is 17.6 Å². The molecule has 4 aromatic carbocycles. The van der Waals surface area contributed by atoms with E-state index in [1.165, 1.54) is 19.6 Å². The summed E-state index contributed by atoms with van der Waals surface area (Å²) in [5.41, 5.74) is 2.38. The SMILES string of the molecule is CCC(F)(F)C1CCC(OS(C)(=O)=O)CC1.CCC(F)(F)C1CCC(Oc2ccc3cc(CN4CC(C(=O)O)C4)ccc3c2)CC1.COC(=O)C1CN(Cc2ccc3cc(O)ccc3c2)C1. The Hall–Kier alpha value is -4.51. The van der Waals surface area contributed by atoms with Crippen molar-refractivity contribution in [3.8, 4) is 11.5 Å². The third-order valence-corrected chi connectivity index (χ3v) is 14.1. The van der Waals surface area contributed by atoms with Crippen LogP contribution < -0.4 is 4.74 Å². The molecule has 2 heterocycles.